The first-order valence-electron chi connectivity index (χ1n) is 7.66. The molecule has 2 N–H and O–H groups in total. The molecule has 0 saturated heterocycles. The van der Waals surface area contributed by atoms with Crippen LogP contribution in [0.2, 0.25) is 0 Å². The molecule has 2 aromatic rings. The molecular formula is C18H21NO3. The maximum atomic E-state index is 12.3. The van der Waals surface area contributed by atoms with E-state index in [9.17, 15) is 9.59 Å². The zero-order valence-corrected chi connectivity index (χ0v) is 12.5. The molecule has 0 aromatic heterocycles. The normalized spacial score (nSPS) is 10.6. The number of fused-ring (bicyclic) bond motifs is 1. The summed E-state index contributed by atoms with van der Waals surface area (Å²) in [6.07, 6.45) is 4.21. The molecule has 0 spiro atoms. The maximum Gasteiger partial charge on any atom is 0.243 e. The summed E-state index contributed by atoms with van der Waals surface area (Å²) in [6, 6.07) is 13.7. The lowest BCUT2D eigenvalue weighted by Crippen LogP contribution is -2.17. The minimum absolute atomic E-state index is 0.171. The van der Waals surface area contributed by atoms with Crippen LogP contribution < -0.4 is 5.48 Å². The zero-order valence-electron chi connectivity index (χ0n) is 12.5. The average molecular weight is 299 g/mol. The lowest BCUT2D eigenvalue weighted by atomic mass is 9.98. The summed E-state index contributed by atoms with van der Waals surface area (Å²) in [4.78, 5) is 23.2. The van der Waals surface area contributed by atoms with Gasteiger partial charge in [-0.25, -0.2) is 5.48 Å². The Hall–Kier alpha value is -2.20. The van der Waals surface area contributed by atoms with Gasteiger partial charge in [-0.05, 0) is 23.6 Å². The van der Waals surface area contributed by atoms with Crippen molar-refractivity contribution in [3.8, 4) is 0 Å². The van der Waals surface area contributed by atoms with Crippen molar-refractivity contribution in [3.05, 3.63) is 48.0 Å². The minimum Gasteiger partial charge on any atom is -0.294 e. The second-order valence-electron chi connectivity index (χ2n) is 5.40. The number of nitrogens with one attached hydrogen (secondary N) is 1. The van der Waals surface area contributed by atoms with E-state index in [4.69, 9.17) is 5.21 Å². The smallest absolute Gasteiger partial charge is 0.243 e. The Morgan fingerprint density at radius 3 is 2.32 bits per heavy atom. The largest absolute Gasteiger partial charge is 0.294 e. The Balaban J connectivity index is 1.81. The number of rotatable bonds is 8. The predicted octanol–water partition coefficient (Wildman–Crippen LogP) is 3.87. The standard InChI is InChI=1S/C18H21NO3/c20-17(12-3-1-2-4-13-18(21)19-22)16-11-7-9-14-8-5-6-10-15(14)16/h5-11,22H,1-4,12-13H2,(H,19,21). The van der Waals surface area contributed by atoms with E-state index in [0.29, 0.717) is 12.8 Å². The Kier molecular flexibility index (Phi) is 6.10. The highest BCUT2D eigenvalue weighted by molar-refractivity contribution is 6.08. The van der Waals surface area contributed by atoms with Crippen molar-refractivity contribution in [2.45, 2.75) is 38.5 Å². The molecule has 0 aliphatic heterocycles. The van der Waals surface area contributed by atoms with E-state index in [2.05, 4.69) is 0 Å². The lowest BCUT2D eigenvalue weighted by Gasteiger charge is -2.06. The SMILES string of the molecule is O=C(CCCCCCC(=O)c1cccc2ccccc12)NO. The fourth-order valence-corrected chi connectivity index (χ4v) is 2.58. The zero-order chi connectivity index (χ0) is 15.8. The summed E-state index contributed by atoms with van der Waals surface area (Å²) in [5.41, 5.74) is 2.41. The van der Waals surface area contributed by atoms with E-state index in [-0.39, 0.29) is 11.7 Å². The number of hydrogen-bond donors (Lipinski definition) is 2. The predicted molar refractivity (Wildman–Crippen MR) is 85.9 cm³/mol. The van der Waals surface area contributed by atoms with E-state index >= 15 is 0 Å². The van der Waals surface area contributed by atoms with Crippen molar-refractivity contribution >= 4 is 22.5 Å². The molecule has 2 rings (SSSR count). The Bertz CT molecular complexity index is 646. The molecule has 0 aliphatic rings. The summed E-state index contributed by atoms with van der Waals surface area (Å²) in [5, 5.41) is 10.5. The van der Waals surface area contributed by atoms with Gasteiger partial charge in [0.2, 0.25) is 5.91 Å². The molecular weight excluding hydrogens is 278 g/mol. The van der Waals surface area contributed by atoms with Gasteiger partial charge in [0.05, 0.1) is 0 Å². The van der Waals surface area contributed by atoms with Gasteiger partial charge in [-0.1, -0.05) is 55.3 Å². The maximum absolute atomic E-state index is 12.3. The van der Waals surface area contributed by atoms with E-state index in [1.165, 1.54) is 0 Å². The third-order valence-electron chi connectivity index (χ3n) is 3.77. The van der Waals surface area contributed by atoms with Crippen LogP contribution in [0.25, 0.3) is 10.8 Å². The fourth-order valence-electron chi connectivity index (χ4n) is 2.58. The summed E-state index contributed by atoms with van der Waals surface area (Å²) in [7, 11) is 0. The van der Waals surface area contributed by atoms with Crippen LogP contribution in [0.3, 0.4) is 0 Å². The second kappa shape index (κ2) is 8.29. The molecule has 0 fully saturated rings. The van der Waals surface area contributed by atoms with Crippen LogP contribution >= 0.6 is 0 Å². The third-order valence-corrected chi connectivity index (χ3v) is 3.77. The number of carbonyl (C=O) groups is 2. The summed E-state index contributed by atoms with van der Waals surface area (Å²) >= 11 is 0. The molecule has 0 heterocycles. The number of benzene rings is 2. The van der Waals surface area contributed by atoms with Crippen LogP contribution in [0, 0.1) is 0 Å². The van der Waals surface area contributed by atoms with Crippen LogP contribution in [0.1, 0.15) is 48.9 Å². The second-order valence-corrected chi connectivity index (χ2v) is 5.40. The van der Waals surface area contributed by atoms with Gasteiger partial charge < -0.3 is 0 Å². The van der Waals surface area contributed by atoms with Gasteiger partial charge >= 0.3 is 0 Å². The van der Waals surface area contributed by atoms with Gasteiger partial charge in [-0.3, -0.25) is 14.8 Å². The van der Waals surface area contributed by atoms with Crippen LogP contribution in [-0.4, -0.2) is 16.9 Å². The quantitative estimate of drug-likeness (QED) is 0.336. The van der Waals surface area contributed by atoms with Gasteiger partial charge in [0, 0.05) is 18.4 Å². The highest BCUT2D eigenvalue weighted by atomic mass is 16.5. The van der Waals surface area contributed by atoms with E-state index < -0.39 is 0 Å². The van der Waals surface area contributed by atoms with Gasteiger partial charge in [0.1, 0.15) is 0 Å². The Labute approximate surface area is 130 Å². The molecule has 2 aromatic carbocycles. The number of hydroxylamine groups is 1. The number of Topliss-reactive ketones (excluding diaryl/α,β-unsaturated/α-hetero) is 1. The molecule has 1 amide bonds. The minimum atomic E-state index is -0.355. The number of hydrogen-bond acceptors (Lipinski definition) is 3. The third kappa shape index (κ3) is 4.40. The number of unbranched alkanes of at least 4 members (excludes halogenated alkanes) is 3. The van der Waals surface area contributed by atoms with Gasteiger partial charge in [-0.2, -0.15) is 0 Å². The average Bonchev–Trinajstić information content (AvgIpc) is 2.56. The van der Waals surface area contributed by atoms with Crippen molar-refractivity contribution < 1.29 is 14.8 Å². The van der Waals surface area contributed by atoms with Crippen LogP contribution in [0.4, 0.5) is 0 Å². The van der Waals surface area contributed by atoms with Crippen molar-refractivity contribution in [3.63, 3.8) is 0 Å². The molecule has 0 radical (unpaired) electrons. The first-order valence-corrected chi connectivity index (χ1v) is 7.66. The lowest BCUT2D eigenvalue weighted by molar-refractivity contribution is -0.129. The summed E-state index contributed by atoms with van der Waals surface area (Å²) in [6.45, 7) is 0. The number of ketones is 1. The summed E-state index contributed by atoms with van der Waals surface area (Å²) in [5.74, 6) is -0.184. The molecule has 0 aliphatic carbocycles. The van der Waals surface area contributed by atoms with Crippen molar-refractivity contribution in [2.75, 3.05) is 0 Å². The monoisotopic (exact) mass is 299 g/mol. The van der Waals surface area contributed by atoms with Gasteiger partial charge in [0.15, 0.2) is 5.78 Å². The summed E-state index contributed by atoms with van der Waals surface area (Å²) < 4.78 is 0. The number of carbonyl (C=O) groups excluding carboxylic acids is 2. The molecule has 116 valence electrons. The van der Waals surface area contributed by atoms with E-state index in [0.717, 1.165) is 42.0 Å². The van der Waals surface area contributed by atoms with Crippen LogP contribution in [0.15, 0.2) is 42.5 Å². The number of amides is 1. The molecule has 4 heteroatoms. The molecule has 0 saturated carbocycles. The van der Waals surface area contributed by atoms with Crippen molar-refractivity contribution in [1.29, 1.82) is 0 Å². The van der Waals surface area contributed by atoms with Crippen LogP contribution in [-0.2, 0) is 4.79 Å². The Morgan fingerprint density at radius 2 is 1.55 bits per heavy atom. The molecule has 0 atom stereocenters. The van der Waals surface area contributed by atoms with E-state index in [1.54, 1.807) is 5.48 Å². The Morgan fingerprint density at radius 1 is 0.864 bits per heavy atom. The van der Waals surface area contributed by atoms with Crippen LogP contribution in [0.5, 0.6) is 0 Å². The fraction of sp³-hybridized carbons (Fsp3) is 0.333. The van der Waals surface area contributed by atoms with E-state index in [1.807, 2.05) is 42.5 Å². The molecule has 22 heavy (non-hydrogen) atoms. The molecule has 4 nitrogen and oxygen atoms in total. The van der Waals surface area contributed by atoms with Gasteiger partial charge in [-0.15, -0.1) is 0 Å². The van der Waals surface area contributed by atoms with Crippen molar-refractivity contribution in [2.24, 2.45) is 0 Å². The van der Waals surface area contributed by atoms with Crippen molar-refractivity contribution in [1.82, 2.24) is 5.48 Å². The first kappa shape index (κ1) is 16.2. The highest BCUT2D eigenvalue weighted by Gasteiger charge is 2.09. The molecule has 0 bridgehead atoms. The highest BCUT2D eigenvalue weighted by Crippen LogP contribution is 2.20. The first-order chi connectivity index (χ1) is 10.7. The molecule has 0 unspecified atom stereocenters. The van der Waals surface area contributed by atoms with Gasteiger partial charge in [0.25, 0.3) is 0 Å². The topological polar surface area (TPSA) is 66.4 Å².